The molecule has 2 aromatic rings. The molecule has 2 aromatic carbocycles. The predicted octanol–water partition coefficient (Wildman–Crippen LogP) is 4.75. The van der Waals surface area contributed by atoms with E-state index in [1.54, 1.807) is 11.1 Å². The molecule has 0 aliphatic heterocycles. The van der Waals surface area contributed by atoms with Gasteiger partial charge in [-0.3, -0.25) is 0 Å². The molecule has 1 aliphatic rings. The molecular weight excluding hydrogens is 322 g/mol. The molecule has 2 heteroatoms. The largest absolute Gasteiger partial charge is 0.313 e. The molecule has 0 saturated heterocycles. The minimum atomic E-state index is 0.347. The van der Waals surface area contributed by atoms with E-state index in [0.29, 0.717) is 6.04 Å². The summed E-state index contributed by atoms with van der Waals surface area (Å²) in [5.74, 6) is 0. The number of hydrogen-bond donors (Lipinski definition) is 1. The van der Waals surface area contributed by atoms with Gasteiger partial charge in [0.05, 0.1) is 0 Å². The standard InChI is InChI=1S/C19H22BrN/c1-13-6-9-17(18(20)10-13)19(21-2)12-14-7-8-15-4-3-5-16(15)11-14/h6-11,19,21H,3-5,12H2,1-2H3. The van der Waals surface area contributed by atoms with Crippen LogP contribution in [0.5, 0.6) is 0 Å². The SMILES string of the molecule is CNC(Cc1ccc2c(c1)CCC2)c1ccc(C)cc1Br. The van der Waals surface area contributed by atoms with Gasteiger partial charge in [-0.15, -0.1) is 0 Å². The van der Waals surface area contributed by atoms with Crippen molar-refractivity contribution in [2.45, 2.75) is 38.6 Å². The maximum atomic E-state index is 3.71. The summed E-state index contributed by atoms with van der Waals surface area (Å²) in [7, 11) is 2.05. The molecule has 0 bridgehead atoms. The highest BCUT2D eigenvalue weighted by atomic mass is 79.9. The predicted molar refractivity (Wildman–Crippen MR) is 92.9 cm³/mol. The minimum absolute atomic E-state index is 0.347. The van der Waals surface area contributed by atoms with E-state index in [1.807, 2.05) is 7.05 Å². The lowest BCUT2D eigenvalue weighted by atomic mass is 9.96. The Morgan fingerprint density at radius 2 is 1.90 bits per heavy atom. The number of likely N-dealkylation sites (N-methyl/N-ethyl adjacent to an activating group) is 1. The van der Waals surface area contributed by atoms with E-state index in [-0.39, 0.29) is 0 Å². The Labute approximate surface area is 135 Å². The molecule has 0 saturated carbocycles. The first-order valence-electron chi connectivity index (χ1n) is 7.71. The van der Waals surface area contributed by atoms with Crippen LogP contribution in [0.25, 0.3) is 0 Å². The first-order valence-corrected chi connectivity index (χ1v) is 8.50. The Hall–Kier alpha value is -1.12. The minimum Gasteiger partial charge on any atom is -0.313 e. The van der Waals surface area contributed by atoms with E-state index in [0.717, 1.165) is 6.42 Å². The first kappa shape index (κ1) is 14.8. The summed E-state index contributed by atoms with van der Waals surface area (Å²) >= 11 is 3.71. The number of rotatable bonds is 4. The van der Waals surface area contributed by atoms with Gasteiger partial charge in [0.25, 0.3) is 0 Å². The zero-order valence-electron chi connectivity index (χ0n) is 12.7. The van der Waals surface area contributed by atoms with Crippen LogP contribution in [0.2, 0.25) is 0 Å². The second kappa shape index (κ2) is 6.33. The van der Waals surface area contributed by atoms with Gasteiger partial charge in [0.2, 0.25) is 0 Å². The zero-order valence-corrected chi connectivity index (χ0v) is 14.3. The van der Waals surface area contributed by atoms with Crippen LogP contribution in [-0.4, -0.2) is 7.05 Å². The Morgan fingerprint density at radius 1 is 1.10 bits per heavy atom. The normalized spacial score (nSPS) is 15.0. The lowest BCUT2D eigenvalue weighted by Gasteiger charge is -2.19. The van der Waals surface area contributed by atoms with Crippen molar-refractivity contribution < 1.29 is 0 Å². The lowest BCUT2D eigenvalue weighted by molar-refractivity contribution is 0.589. The molecule has 0 aromatic heterocycles. The van der Waals surface area contributed by atoms with Crippen molar-refractivity contribution in [3.8, 4) is 0 Å². The van der Waals surface area contributed by atoms with Gasteiger partial charge >= 0.3 is 0 Å². The van der Waals surface area contributed by atoms with Gasteiger partial charge in [0.15, 0.2) is 0 Å². The smallest absolute Gasteiger partial charge is 0.0369 e. The monoisotopic (exact) mass is 343 g/mol. The Morgan fingerprint density at radius 3 is 2.67 bits per heavy atom. The molecule has 1 nitrogen and oxygen atoms in total. The summed E-state index contributed by atoms with van der Waals surface area (Å²) in [6.07, 6.45) is 4.86. The third-order valence-corrected chi connectivity index (χ3v) is 5.17. The molecule has 1 unspecified atom stereocenters. The molecule has 0 fully saturated rings. The molecule has 21 heavy (non-hydrogen) atoms. The van der Waals surface area contributed by atoms with Gasteiger partial charge in [-0.1, -0.05) is 46.3 Å². The number of fused-ring (bicyclic) bond motifs is 1. The molecule has 110 valence electrons. The second-order valence-electron chi connectivity index (χ2n) is 6.03. The zero-order chi connectivity index (χ0) is 14.8. The van der Waals surface area contributed by atoms with Crippen LogP contribution < -0.4 is 5.32 Å². The summed E-state index contributed by atoms with van der Waals surface area (Å²) < 4.78 is 1.20. The maximum Gasteiger partial charge on any atom is 0.0369 e. The molecule has 0 spiro atoms. The molecular formula is C19H22BrN. The third-order valence-electron chi connectivity index (χ3n) is 4.48. The van der Waals surface area contributed by atoms with Crippen LogP contribution >= 0.6 is 15.9 Å². The molecule has 1 N–H and O–H groups in total. The Bertz CT molecular complexity index is 648. The fraction of sp³-hybridized carbons (Fsp3) is 0.368. The fourth-order valence-corrected chi connectivity index (χ4v) is 4.04. The number of nitrogens with one attached hydrogen (secondary N) is 1. The molecule has 1 aliphatic carbocycles. The molecule has 0 heterocycles. The van der Waals surface area contributed by atoms with Crippen molar-refractivity contribution in [1.29, 1.82) is 0 Å². The Balaban J connectivity index is 1.84. The van der Waals surface area contributed by atoms with Crippen molar-refractivity contribution in [3.05, 3.63) is 68.7 Å². The van der Waals surface area contributed by atoms with E-state index in [9.17, 15) is 0 Å². The summed E-state index contributed by atoms with van der Waals surface area (Å²) in [6.45, 7) is 2.13. The number of benzene rings is 2. The van der Waals surface area contributed by atoms with Crippen molar-refractivity contribution in [1.82, 2.24) is 5.32 Å². The van der Waals surface area contributed by atoms with Gasteiger partial charge in [-0.25, -0.2) is 0 Å². The average Bonchev–Trinajstić information content (AvgIpc) is 2.93. The van der Waals surface area contributed by atoms with E-state index in [2.05, 4.69) is 64.6 Å². The van der Waals surface area contributed by atoms with Gasteiger partial charge in [0.1, 0.15) is 0 Å². The fourth-order valence-electron chi connectivity index (χ4n) is 3.27. The van der Waals surface area contributed by atoms with Gasteiger partial charge in [-0.2, -0.15) is 0 Å². The second-order valence-corrected chi connectivity index (χ2v) is 6.88. The van der Waals surface area contributed by atoms with Crippen LogP contribution in [0.15, 0.2) is 40.9 Å². The maximum absolute atomic E-state index is 3.71. The number of aryl methyl sites for hydroxylation is 3. The van der Waals surface area contributed by atoms with Crippen molar-refractivity contribution in [2.24, 2.45) is 0 Å². The summed E-state index contributed by atoms with van der Waals surface area (Å²) in [4.78, 5) is 0. The molecule has 1 atom stereocenters. The van der Waals surface area contributed by atoms with Crippen molar-refractivity contribution in [3.63, 3.8) is 0 Å². The van der Waals surface area contributed by atoms with Gasteiger partial charge in [-0.05, 0) is 73.5 Å². The highest BCUT2D eigenvalue weighted by Gasteiger charge is 2.16. The number of halogens is 1. The van der Waals surface area contributed by atoms with Gasteiger partial charge in [0, 0.05) is 10.5 Å². The van der Waals surface area contributed by atoms with E-state index >= 15 is 0 Å². The van der Waals surface area contributed by atoms with Crippen LogP contribution in [0, 0.1) is 6.92 Å². The lowest BCUT2D eigenvalue weighted by Crippen LogP contribution is -2.19. The van der Waals surface area contributed by atoms with Crippen LogP contribution in [0.3, 0.4) is 0 Å². The van der Waals surface area contributed by atoms with E-state index < -0.39 is 0 Å². The van der Waals surface area contributed by atoms with E-state index in [1.165, 1.54) is 40.4 Å². The quantitative estimate of drug-likeness (QED) is 0.844. The highest BCUT2D eigenvalue weighted by molar-refractivity contribution is 9.10. The summed E-state index contributed by atoms with van der Waals surface area (Å²) in [5.41, 5.74) is 7.17. The summed E-state index contributed by atoms with van der Waals surface area (Å²) in [5, 5.41) is 3.46. The highest BCUT2D eigenvalue weighted by Crippen LogP contribution is 2.29. The molecule has 0 amide bonds. The van der Waals surface area contributed by atoms with Crippen LogP contribution in [0.1, 0.15) is 40.3 Å². The number of hydrogen-bond acceptors (Lipinski definition) is 1. The van der Waals surface area contributed by atoms with Gasteiger partial charge < -0.3 is 5.32 Å². The Kier molecular flexibility index (Phi) is 4.46. The third kappa shape index (κ3) is 3.22. The average molecular weight is 344 g/mol. The van der Waals surface area contributed by atoms with E-state index in [4.69, 9.17) is 0 Å². The molecule has 3 rings (SSSR count). The molecule has 0 radical (unpaired) electrons. The summed E-state index contributed by atoms with van der Waals surface area (Å²) in [6, 6.07) is 14.0. The van der Waals surface area contributed by atoms with Crippen LogP contribution in [0.4, 0.5) is 0 Å². The topological polar surface area (TPSA) is 12.0 Å². The van der Waals surface area contributed by atoms with Crippen molar-refractivity contribution >= 4 is 15.9 Å². The van der Waals surface area contributed by atoms with Crippen molar-refractivity contribution in [2.75, 3.05) is 7.05 Å². The van der Waals surface area contributed by atoms with Crippen LogP contribution in [-0.2, 0) is 19.3 Å². The first-order chi connectivity index (χ1) is 10.2.